The van der Waals surface area contributed by atoms with Crippen molar-refractivity contribution < 1.29 is 17.7 Å². The van der Waals surface area contributed by atoms with Crippen molar-refractivity contribution in [2.45, 2.75) is 271 Å². The number of rotatable bonds is 47. The van der Waals surface area contributed by atoms with Crippen LogP contribution in [-0.2, 0) is 17.7 Å². The molecule has 0 heterocycles. The van der Waals surface area contributed by atoms with E-state index in [1.54, 1.807) is 6.40 Å². The van der Waals surface area contributed by atoms with Gasteiger partial charge in [-0.2, -0.15) is 0 Å². The average Bonchev–Trinajstić information content (AvgIpc) is 3.15. The fraction of sp³-hybridized carbons (Fsp3) is 0.979. The van der Waals surface area contributed by atoms with Crippen LogP contribution in [-0.4, -0.2) is 64.6 Å². The molecule has 0 aromatic heterocycles. The number of nitrogens with zero attached hydrogens (tertiary/aromatic N) is 1. The molecule has 0 amide bonds. The molecule has 0 spiro atoms. The molecule has 6 nitrogen and oxygen atoms in total. The molecule has 0 saturated carbocycles. The number of ether oxygens (including phenoxy) is 2. The molecule has 9 heteroatoms. The maximum absolute atomic E-state index is 6.84. The summed E-state index contributed by atoms with van der Waals surface area (Å²) in [6.45, 7) is 22.7. The number of hydrogen-bond acceptors (Lipinski definition) is 6. The van der Waals surface area contributed by atoms with Gasteiger partial charge in [-0.15, -0.1) is 0 Å². The second-order valence-electron chi connectivity index (χ2n) is 19.2. The van der Waals surface area contributed by atoms with Gasteiger partial charge >= 0.3 is 8.56 Å². The van der Waals surface area contributed by atoms with E-state index < -0.39 is 25.2 Å². The first-order valence-electron chi connectivity index (χ1n) is 25.3. The van der Waals surface area contributed by atoms with E-state index in [4.69, 9.17) is 17.7 Å². The number of aliphatic imine (C=N–C) groups is 1. The van der Waals surface area contributed by atoms with Crippen LogP contribution < -0.4 is 5.32 Å². The zero-order valence-electron chi connectivity index (χ0n) is 40.2. The molecule has 0 saturated heterocycles. The van der Waals surface area contributed by atoms with Gasteiger partial charge in [0.05, 0.1) is 13.3 Å². The Kier molecular flexibility index (Phi) is 41.3. The Hall–Kier alpha value is -0.0394. The van der Waals surface area contributed by atoms with Crippen LogP contribution in [0.15, 0.2) is 4.99 Å². The second-order valence-corrected chi connectivity index (χ2v) is 31.6. The van der Waals surface area contributed by atoms with Gasteiger partial charge in [0, 0.05) is 13.2 Å². The van der Waals surface area contributed by atoms with Crippen LogP contribution in [0.25, 0.3) is 0 Å². The number of unbranched alkanes of at least 4 members (excludes halogenated alkanes) is 28. The third kappa shape index (κ3) is 45.3. The van der Waals surface area contributed by atoms with Crippen LogP contribution in [0.3, 0.4) is 0 Å². The summed E-state index contributed by atoms with van der Waals surface area (Å²) in [4.78, 5) is 4.53. The molecule has 0 aliphatic heterocycles. The van der Waals surface area contributed by atoms with Gasteiger partial charge in [0.15, 0.2) is 23.0 Å². The van der Waals surface area contributed by atoms with Crippen LogP contribution in [0.2, 0.25) is 51.4 Å². The highest BCUT2D eigenvalue weighted by Gasteiger charge is 2.39. The molecule has 342 valence electrons. The Balaban J connectivity index is 3.69. The average molecular weight is 858 g/mol. The van der Waals surface area contributed by atoms with Crippen LogP contribution in [0.5, 0.6) is 0 Å². The van der Waals surface area contributed by atoms with Crippen LogP contribution in [0, 0.1) is 0 Å². The maximum atomic E-state index is 6.84. The van der Waals surface area contributed by atoms with E-state index in [0.717, 1.165) is 57.7 Å². The van der Waals surface area contributed by atoms with Gasteiger partial charge in [-0.05, 0) is 83.6 Å². The molecule has 0 aromatic carbocycles. The van der Waals surface area contributed by atoms with Gasteiger partial charge in [0.1, 0.15) is 0 Å². The Morgan fingerprint density at radius 2 is 0.772 bits per heavy atom. The zero-order valence-corrected chi connectivity index (χ0v) is 43.2. The third-order valence-corrected chi connectivity index (χ3v) is 22.8. The fourth-order valence-electron chi connectivity index (χ4n) is 8.20. The second kappa shape index (κ2) is 41.3. The van der Waals surface area contributed by atoms with E-state index in [0.29, 0.717) is 6.73 Å². The molecule has 0 unspecified atom stereocenters. The van der Waals surface area contributed by atoms with Crippen LogP contribution in [0.1, 0.15) is 219 Å². The fourth-order valence-corrected chi connectivity index (χ4v) is 22.2. The minimum atomic E-state index is -2.19. The van der Waals surface area contributed by atoms with Crippen LogP contribution in [0.4, 0.5) is 0 Å². The third-order valence-electron chi connectivity index (χ3n) is 11.4. The van der Waals surface area contributed by atoms with Crippen molar-refractivity contribution in [3.8, 4) is 0 Å². The Morgan fingerprint density at radius 1 is 0.421 bits per heavy atom. The summed E-state index contributed by atoms with van der Waals surface area (Å²) in [7, 11) is -5.81. The largest absolute Gasteiger partial charge is 0.483 e. The highest BCUT2D eigenvalue weighted by atomic mass is 28.5. The van der Waals surface area contributed by atoms with E-state index in [2.05, 4.69) is 63.4 Å². The summed E-state index contributed by atoms with van der Waals surface area (Å²) < 4.78 is 25.2. The standard InChI is InChI=1S/C48H104N2O4Si3/c1-9-11-13-15-17-19-21-23-25-27-29-31-33-35-37-43-51-47-49-41-39-45-55(3,4)53-57(7,8)54-56(5,6)46-40-42-50-48-52-44-38-36-34-32-30-28-26-24-22-20-18-16-14-12-10-2/h47,50H,9-46,48H2,1-8H3. The van der Waals surface area contributed by atoms with E-state index in [-0.39, 0.29) is 0 Å². The van der Waals surface area contributed by atoms with E-state index in [9.17, 15) is 0 Å². The summed E-state index contributed by atoms with van der Waals surface area (Å²) in [5, 5.41) is 3.49. The molecule has 0 aromatic rings. The summed E-state index contributed by atoms with van der Waals surface area (Å²) in [6.07, 6.45) is 45.7. The molecular formula is C48H104N2O4Si3. The van der Waals surface area contributed by atoms with Gasteiger partial charge in [0.2, 0.25) is 0 Å². The topological polar surface area (TPSA) is 61.3 Å². The highest BCUT2D eigenvalue weighted by molar-refractivity contribution is 6.87. The van der Waals surface area contributed by atoms with Crippen molar-refractivity contribution in [1.29, 1.82) is 0 Å². The quantitative estimate of drug-likeness (QED) is 0.0217. The molecule has 0 bridgehead atoms. The van der Waals surface area contributed by atoms with Crippen molar-refractivity contribution in [2.75, 3.05) is 33.0 Å². The molecule has 0 rings (SSSR count). The van der Waals surface area contributed by atoms with Crippen molar-refractivity contribution in [2.24, 2.45) is 4.99 Å². The van der Waals surface area contributed by atoms with Gasteiger partial charge in [-0.25, -0.2) is 0 Å². The normalized spacial score (nSPS) is 12.7. The predicted octanol–water partition coefficient (Wildman–Crippen LogP) is 16.3. The first kappa shape index (κ1) is 57.0. The lowest BCUT2D eigenvalue weighted by molar-refractivity contribution is 0.113. The SMILES string of the molecule is CCCCCCCCCCCCCCCCCOC=NCCC[Si](C)(C)O[Si](C)(C)O[Si](C)(C)CCCNCOCCCCCCCCCCCCCCCCC. The van der Waals surface area contributed by atoms with Crippen molar-refractivity contribution >= 4 is 31.6 Å². The molecular weight excluding hydrogens is 753 g/mol. The van der Waals surface area contributed by atoms with E-state index >= 15 is 0 Å². The lowest BCUT2D eigenvalue weighted by Crippen LogP contribution is -2.52. The lowest BCUT2D eigenvalue weighted by atomic mass is 10.0. The smallest absolute Gasteiger partial charge is 0.311 e. The Labute approximate surface area is 361 Å². The van der Waals surface area contributed by atoms with E-state index in [1.807, 2.05) is 0 Å². The minimum Gasteiger partial charge on any atom is -0.483 e. The Morgan fingerprint density at radius 3 is 1.18 bits per heavy atom. The van der Waals surface area contributed by atoms with Gasteiger partial charge < -0.3 is 17.7 Å². The monoisotopic (exact) mass is 857 g/mol. The molecule has 0 aliphatic carbocycles. The number of nitrogens with one attached hydrogen (secondary N) is 1. The molecule has 57 heavy (non-hydrogen) atoms. The summed E-state index contributed by atoms with van der Waals surface area (Å²) in [6, 6.07) is 2.25. The molecule has 1 N–H and O–H groups in total. The van der Waals surface area contributed by atoms with Crippen molar-refractivity contribution in [1.82, 2.24) is 5.32 Å². The molecule has 0 atom stereocenters. The zero-order chi connectivity index (χ0) is 42.0. The lowest BCUT2D eigenvalue weighted by Gasteiger charge is -2.38. The van der Waals surface area contributed by atoms with Crippen LogP contribution >= 0.6 is 0 Å². The van der Waals surface area contributed by atoms with Gasteiger partial charge in [0.25, 0.3) is 0 Å². The summed E-state index contributed by atoms with van der Waals surface area (Å²) in [5.74, 6) is 0. The Bertz CT molecular complexity index is 846. The van der Waals surface area contributed by atoms with Crippen molar-refractivity contribution in [3.05, 3.63) is 0 Å². The predicted molar refractivity (Wildman–Crippen MR) is 261 cm³/mol. The van der Waals surface area contributed by atoms with E-state index in [1.165, 1.54) is 186 Å². The molecule has 0 fully saturated rings. The van der Waals surface area contributed by atoms with Gasteiger partial charge in [-0.3, -0.25) is 10.3 Å². The molecule has 0 aliphatic rings. The number of hydrogen-bond donors (Lipinski definition) is 1. The van der Waals surface area contributed by atoms with Crippen molar-refractivity contribution in [3.63, 3.8) is 0 Å². The summed E-state index contributed by atoms with van der Waals surface area (Å²) >= 11 is 0. The molecule has 0 radical (unpaired) electrons. The highest BCUT2D eigenvalue weighted by Crippen LogP contribution is 2.26. The summed E-state index contributed by atoms with van der Waals surface area (Å²) in [5.41, 5.74) is 0. The van der Waals surface area contributed by atoms with Gasteiger partial charge in [-0.1, -0.05) is 194 Å². The first-order valence-corrected chi connectivity index (χ1v) is 34.4. The first-order chi connectivity index (χ1) is 27.5. The minimum absolute atomic E-state index is 0.667. The maximum Gasteiger partial charge on any atom is 0.311 e.